The Morgan fingerprint density at radius 3 is 2.75 bits per heavy atom. The standard InChI is InChI=1S/C15H26N4O/c1-5-16-14-11(2)15(18-12(3)17-14)19(4)10-13-8-6-7-9-20-13/h13H,5-10H2,1-4H3,(H,16,17,18). The lowest BCUT2D eigenvalue weighted by Gasteiger charge is -2.29. The summed E-state index contributed by atoms with van der Waals surface area (Å²) in [5.41, 5.74) is 1.11. The van der Waals surface area contributed by atoms with Crippen molar-refractivity contribution in [2.75, 3.05) is 37.0 Å². The highest BCUT2D eigenvalue weighted by molar-refractivity contribution is 5.58. The Morgan fingerprint density at radius 2 is 2.10 bits per heavy atom. The topological polar surface area (TPSA) is 50.3 Å². The van der Waals surface area contributed by atoms with E-state index < -0.39 is 0 Å². The van der Waals surface area contributed by atoms with Gasteiger partial charge < -0.3 is 15.0 Å². The molecule has 1 unspecified atom stereocenters. The highest BCUT2D eigenvalue weighted by Crippen LogP contribution is 2.24. The summed E-state index contributed by atoms with van der Waals surface area (Å²) in [5.74, 6) is 2.74. The number of hydrogen-bond acceptors (Lipinski definition) is 5. The van der Waals surface area contributed by atoms with Crippen LogP contribution >= 0.6 is 0 Å². The molecule has 0 aliphatic carbocycles. The van der Waals surface area contributed by atoms with Crippen LogP contribution in [0.2, 0.25) is 0 Å². The first kappa shape index (κ1) is 15.0. The molecule has 0 radical (unpaired) electrons. The van der Waals surface area contributed by atoms with Gasteiger partial charge in [-0.05, 0) is 40.0 Å². The summed E-state index contributed by atoms with van der Waals surface area (Å²) in [6.45, 7) is 8.74. The van der Waals surface area contributed by atoms with Crippen molar-refractivity contribution in [2.45, 2.75) is 46.1 Å². The number of aromatic nitrogens is 2. The molecular formula is C15H26N4O. The molecule has 0 spiro atoms. The molecule has 5 heteroatoms. The molecule has 1 aliphatic heterocycles. The quantitative estimate of drug-likeness (QED) is 0.897. The maximum Gasteiger partial charge on any atom is 0.137 e. The van der Waals surface area contributed by atoms with Gasteiger partial charge in [-0.1, -0.05) is 0 Å². The van der Waals surface area contributed by atoms with Crippen LogP contribution in [0.15, 0.2) is 0 Å². The monoisotopic (exact) mass is 278 g/mol. The summed E-state index contributed by atoms with van der Waals surface area (Å²) in [4.78, 5) is 11.3. The molecule has 0 bridgehead atoms. The van der Waals surface area contributed by atoms with E-state index in [0.29, 0.717) is 6.10 Å². The minimum atomic E-state index is 0.325. The van der Waals surface area contributed by atoms with Gasteiger partial charge in [0.05, 0.1) is 6.10 Å². The molecule has 0 amide bonds. The molecule has 0 aromatic carbocycles. The van der Waals surface area contributed by atoms with Crippen molar-refractivity contribution < 1.29 is 4.74 Å². The second kappa shape index (κ2) is 6.88. The van der Waals surface area contributed by atoms with E-state index in [4.69, 9.17) is 4.74 Å². The van der Waals surface area contributed by atoms with E-state index in [-0.39, 0.29) is 0 Å². The predicted octanol–water partition coefficient (Wildman–Crippen LogP) is 2.53. The lowest BCUT2D eigenvalue weighted by Crippen LogP contribution is -2.34. The van der Waals surface area contributed by atoms with E-state index in [2.05, 4.69) is 41.1 Å². The first-order chi connectivity index (χ1) is 9.61. The zero-order chi connectivity index (χ0) is 14.5. The van der Waals surface area contributed by atoms with Gasteiger partial charge in [-0.3, -0.25) is 0 Å². The fourth-order valence-electron chi connectivity index (χ4n) is 2.67. The molecule has 1 aromatic heterocycles. The molecule has 2 heterocycles. The van der Waals surface area contributed by atoms with Crippen LogP contribution in [-0.4, -0.2) is 42.8 Å². The van der Waals surface area contributed by atoms with Crippen molar-refractivity contribution in [3.8, 4) is 0 Å². The van der Waals surface area contributed by atoms with Crippen LogP contribution in [0, 0.1) is 13.8 Å². The van der Waals surface area contributed by atoms with Crippen LogP contribution < -0.4 is 10.2 Å². The third kappa shape index (κ3) is 3.60. The first-order valence-electron chi connectivity index (χ1n) is 7.53. The van der Waals surface area contributed by atoms with Gasteiger partial charge in [-0.15, -0.1) is 0 Å². The van der Waals surface area contributed by atoms with Crippen molar-refractivity contribution >= 4 is 11.6 Å². The van der Waals surface area contributed by atoms with Crippen molar-refractivity contribution in [1.29, 1.82) is 0 Å². The average Bonchev–Trinajstić information content (AvgIpc) is 2.43. The molecule has 1 aliphatic rings. The number of likely N-dealkylation sites (N-methyl/N-ethyl adjacent to an activating group) is 1. The van der Waals surface area contributed by atoms with Crippen molar-refractivity contribution in [2.24, 2.45) is 0 Å². The minimum Gasteiger partial charge on any atom is -0.376 e. The number of hydrogen-bond donors (Lipinski definition) is 1. The van der Waals surface area contributed by atoms with E-state index in [1.54, 1.807) is 0 Å². The molecule has 1 fully saturated rings. The smallest absolute Gasteiger partial charge is 0.137 e. The van der Waals surface area contributed by atoms with Gasteiger partial charge in [0.2, 0.25) is 0 Å². The van der Waals surface area contributed by atoms with E-state index >= 15 is 0 Å². The van der Waals surface area contributed by atoms with Crippen molar-refractivity contribution in [3.63, 3.8) is 0 Å². The van der Waals surface area contributed by atoms with Crippen LogP contribution in [0.3, 0.4) is 0 Å². The van der Waals surface area contributed by atoms with Crippen LogP contribution in [0.1, 0.15) is 37.6 Å². The SMILES string of the molecule is CCNc1nc(C)nc(N(C)CC2CCCCO2)c1C. The highest BCUT2D eigenvalue weighted by Gasteiger charge is 2.19. The summed E-state index contributed by atoms with van der Waals surface area (Å²) in [6, 6.07) is 0. The number of aryl methyl sites for hydroxylation is 1. The van der Waals surface area contributed by atoms with E-state index in [9.17, 15) is 0 Å². The zero-order valence-electron chi connectivity index (χ0n) is 13.1. The molecule has 0 saturated carbocycles. The summed E-state index contributed by atoms with van der Waals surface area (Å²) in [6.07, 6.45) is 3.93. The Morgan fingerprint density at radius 1 is 1.30 bits per heavy atom. The van der Waals surface area contributed by atoms with E-state index in [1.807, 2.05) is 6.92 Å². The Hall–Kier alpha value is -1.36. The number of ether oxygens (including phenoxy) is 1. The summed E-state index contributed by atoms with van der Waals surface area (Å²) < 4.78 is 5.82. The second-order valence-corrected chi connectivity index (χ2v) is 5.47. The van der Waals surface area contributed by atoms with Crippen molar-refractivity contribution in [3.05, 3.63) is 11.4 Å². The van der Waals surface area contributed by atoms with Crippen molar-refractivity contribution in [1.82, 2.24) is 9.97 Å². The van der Waals surface area contributed by atoms with Crippen LogP contribution in [-0.2, 0) is 4.74 Å². The lowest BCUT2D eigenvalue weighted by molar-refractivity contribution is 0.0215. The molecular weight excluding hydrogens is 252 g/mol. The van der Waals surface area contributed by atoms with Gasteiger partial charge in [0.1, 0.15) is 17.5 Å². The Balaban J connectivity index is 2.13. The van der Waals surface area contributed by atoms with Crippen LogP contribution in [0.4, 0.5) is 11.6 Å². The fraction of sp³-hybridized carbons (Fsp3) is 0.733. The molecule has 112 valence electrons. The van der Waals surface area contributed by atoms with Gasteiger partial charge >= 0.3 is 0 Å². The normalized spacial score (nSPS) is 18.9. The zero-order valence-corrected chi connectivity index (χ0v) is 13.1. The largest absolute Gasteiger partial charge is 0.376 e. The number of nitrogens with one attached hydrogen (secondary N) is 1. The van der Waals surface area contributed by atoms with E-state index in [1.165, 1.54) is 12.8 Å². The van der Waals surface area contributed by atoms with Crippen LogP contribution in [0.5, 0.6) is 0 Å². The average molecular weight is 278 g/mol. The summed E-state index contributed by atoms with van der Waals surface area (Å²) in [7, 11) is 2.09. The van der Waals surface area contributed by atoms with Gasteiger partial charge in [0, 0.05) is 32.3 Å². The Bertz CT molecular complexity index is 444. The summed E-state index contributed by atoms with van der Waals surface area (Å²) >= 11 is 0. The fourth-order valence-corrected chi connectivity index (χ4v) is 2.67. The van der Waals surface area contributed by atoms with Gasteiger partial charge in [-0.2, -0.15) is 0 Å². The first-order valence-corrected chi connectivity index (χ1v) is 7.53. The lowest BCUT2D eigenvalue weighted by atomic mass is 10.1. The Kier molecular flexibility index (Phi) is 5.17. The molecule has 1 atom stereocenters. The van der Waals surface area contributed by atoms with Gasteiger partial charge in [0.15, 0.2) is 0 Å². The molecule has 1 saturated heterocycles. The summed E-state index contributed by atoms with van der Waals surface area (Å²) in [5, 5.41) is 3.31. The molecule has 2 rings (SSSR count). The molecule has 20 heavy (non-hydrogen) atoms. The third-order valence-corrected chi connectivity index (χ3v) is 3.69. The molecule has 1 aromatic rings. The number of nitrogens with zero attached hydrogens (tertiary/aromatic N) is 3. The third-order valence-electron chi connectivity index (χ3n) is 3.69. The van der Waals surface area contributed by atoms with Crippen LogP contribution in [0.25, 0.3) is 0 Å². The number of anilines is 2. The minimum absolute atomic E-state index is 0.325. The van der Waals surface area contributed by atoms with Gasteiger partial charge in [-0.25, -0.2) is 9.97 Å². The number of rotatable bonds is 5. The predicted molar refractivity (Wildman–Crippen MR) is 82.5 cm³/mol. The maximum atomic E-state index is 5.82. The maximum absolute atomic E-state index is 5.82. The van der Waals surface area contributed by atoms with Gasteiger partial charge in [0.25, 0.3) is 0 Å². The van der Waals surface area contributed by atoms with E-state index in [0.717, 1.165) is 49.1 Å². The Labute approximate surface area is 121 Å². The molecule has 5 nitrogen and oxygen atoms in total. The second-order valence-electron chi connectivity index (χ2n) is 5.47. The molecule has 1 N–H and O–H groups in total. The highest BCUT2D eigenvalue weighted by atomic mass is 16.5.